The van der Waals surface area contributed by atoms with Gasteiger partial charge >= 0.3 is 0 Å². The summed E-state index contributed by atoms with van der Waals surface area (Å²) in [5.74, 6) is 2.23. The lowest BCUT2D eigenvalue weighted by Crippen LogP contribution is -2.19. The van der Waals surface area contributed by atoms with Gasteiger partial charge in [-0.2, -0.15) is 4.98 Å². The molecule has 0 unspecified atom stereocenters. The second-order valence-corrected chi connectivity index (χ2v) is 7.98. The Morgan fingerprint density at radius 3 is 2.68 bits per heavy atom. The number of imidazole rings is 1. The van der Waals surface area contributed by atoms with Gasteiger partial charge in [-0.05, 0) is 44.3 Å². The van der Waals surface area contributed by atoms with Crippen LogP contribution in [0.4, 0.5) is 11.6 Å². The van der Waals surface area contributed by atoms with E-state index in [2.05, 4.69) is 38.4 Å². The van der Waals surface area contributed by atoms with Gasteiger partial charge in [0, 0.05) is 36.1 Å². The number of nitrogens with one attached hydrogen (secondary N) is 1. The maximum absolute atomic E-state index is 5.81. The molecule has 4 rings (SSSR count). The molecule has 162 valence electrons. The number of aromatic nitrogens is 4. The molecule has 1 aromatic carbocycles. The molecule has 31 heavy (non-hydrogen) atoms. The Labute approximate surface area is 181 Å². The molecule has 0 spiro atoms. The molecule has 0 amide bonds. The van der Waals surface area contributed by atoms with Crippen molar-refractivity contribution >= 4 is 28.3 Å². The smallest absolute Gasteiger partial charge is 0.229 e. The molecule has 3 heterocycles. The van der Waals surface area contributed by atoms with Crippen molar-refractivity contribution in [1.29, 1.82) is 0 Å². The van der Waals surface area contributed by atoms with E-state index in [0.717, 1.165) is 40.4 Å². The maximum Gasteiger partial charge on any atom is 0.229 e. The Bertz CT molecular complexity index is 1200. The third-order valence-corrected chi connectivity index (χ3v) is 5.05. The first kappa shape index (κ1) is 20.9. The van der Waals surface area contributed by atoms with Gasteiger partial charge in [-0.3, -0.25) is 4.40 Å². The minimum atomic E-state index is 0.326. The molecule has 8 heteroatoms. The largest absolute Gasteiger partial charge is 0.494 e. The van der Waals surface area contributed by atoms with Gasteiger partial charge in [-0.15, -0.1) is 0 Å². The highest BCUT2D eigenvalue weighted by Crippen LogP contribution is 2.31. The first-order chi connectivity index (χ1) is 15.0. The standard InChI is InChI=1S/C23H28N6O2/c1-15(2)19-14-24-21-9-6-16-13-25-23(27-22(16)29(19)21)26-18-8-7-17(12-20(18)30-5)31-11-10-28(3)4/h6-9,12-15H,10-11H2,1-5H3,(H,25,26,27). The topological polar surface area (TPSA) is 76.8 Å². The van der Waals surface area contributed by atoms with Crippen molar-refractivity contribution in [2.24, 2.45) is 0 Å². The lowest BCUT2D eigenvalue weighted by atomic mass is 10.1. The van der Waals surface area contributed by atoms with E-state index in [-0.39, 0.29) is 0 Å². The summed E-state index contributed by atoms with van der Waals surface area (Å²) >= 11 is 0. The average molecular weight is 421 g/mol. The van der Waals surface area contributed by atoms with Gasteiger partial charge in [0.05, 0.1) is 12.8 Å². The summed E-state index contributed by atoms with van der Waals surface area (Å²) in [7, 11) is 5.67. The highest BCUT2D eigenvalue weighted by atomic mass is 16.5. The summed E-state index contributed by atoms with van der Waals surface area (Å²) in [5.41, 5.74) is 3.57. The van der Waals surface area contributed by atoms with Crippen LogP contribution in [0.5, 0.6) is 11.5 Å². The summed E-state index contributed by atoms with van der Waals surface area (Å²) in [6.07, 6.45) is 3.73. The Morgan fingerprint density at radius 1 is 1.10 bits per heavy atom. The molecule has 0 fully saturated rings. The molecule has 0 atom stereocenters. The van der Waals surface area contributed by atoms with E-state index >= 15 is 0 Å². The highest BCUT2D eigenvalue weighted by Gasteiger charge is 2.13. The van der Waals surface area contributed by atoms with E-state index in [4.69, 9.17) is 14.5 Å². The van der Waals surface area contributed by atoms with Crippen LogP contribution in [0.15, 0.2) is 42.7 Å². The minimum absolute atomic E-state index is 0.326. The van der Waals surface area contributed by atoms with Gasteiger partial charge in [0.1, 0.15) is 23.8 Å². The van der Waals surface area contributed by atoms with Crippen LogP contribution in [0.2, 0.25) is 0 Å². The SMILES string of the molecule is COc1cc(OCCN(C)C)ccc1Nc1ncc2ccc3ncc(C(C)C)n3c2n1. The zero-order valence-corrected chi connectivity index (χ0v) is 18.6. The average Bonchev–Trinajstić information content (AvgIpc) is 3.19. The molecule has 0 bridgehead atoms. The van der Waals surface area contributed by atoms with Crippen LogP contribution in [-0.4, -0.2) is 58.6 Å². The summed E-state index contributed by atoms with van der Waals surface area (Å²) < 4.78 is 13.5. The van der Waals surface area contributed by atoms with Gasteiger partial charge in [0.2, 0.25) is 5.95 Å². The lowest BCUT2D eigenvalue weighted by Gasteiger charge is -2.14. The van der Waals surface area contributed by atoms with Crippen molar-refractivity contribution in [3.63, 3.8) is 0 Å². The van der Waals surface area contributed by atoms with Crippen LogP contribution in [0, 0.1) is 0 Å². The summed E-state index contributed by atoms with van der Waals surface area (Å²) in [4.78, 5) is 15.9. The van der Waals surface area contributed by atoms with Crippen molar-refractivity contribution in [3.05, 3.63) is 48.4 Å². The van der Waals surface area contributed by atoms with E-state index in [0.29, 0.717) is 24.2 Å². The van der Waals surface area contributed by atoms with E-state index in [9.17, 15) is 0 Å². The van der Waals surface area contributed by atoms with Crippen molar-refractivity contribution in [2.75, 3.05) is 39.7 Å². The first-order valence-electron chi connectivity index (χ1n) is 10.3. The second kappa shape index (κ2) is 8.77. The molecule has 0 aliphatic rings. The van der Waals surface area contributed by atoms with Gasteiger partial charge in [-0.25, -0.2) is 9.97 Å². The molecular weight excluding hydrogens is 392 g/mol. The third kappa shape index (κ3) is 4.39. The third-order valence-electron chi connectivity index (χ3n) is 5.05. The molecule has 4 aromatic rings. The minimum Gasteiger partial charge on any atom is -0.494 e. The molecule has 0 radical (unpaired) electrons. The van der Waals surface area contributed by atoms with Gasteiger partial charge < -0.3 is 19.7 Å². The summed E-state index contributed by atoms with van der Waals surface area (Å²) in [6, 6.07) is 9.67. The molecule has 0 saturated carbocycles. The number of nitrogens with zero attached hydrogens (tertiary/aromatic N) is 5. The maximum atomic E-state index is 5.81. The molecule has 1 N–H and O–H groups in total. The zero-order chi connectivity index (χ0) is 22.0. The molecule has 3 aromatic heterocycles. The van der Waals surface area contributed by atoms with Crippen molar-refractivity contribution in [3.8, 4) is 11.5 Å². The van der Waals surface area contributed by atoms with Crippen LogP contribution in [0.1, 0.15) is 25.5 Å². The van der Waals surface area contributed by atoms with Gasteiger partial charge in [0.15, 0.2) is 5.65 Å². The number of rotatable bonds is 8. The van der Waals surface area contributed by atoms with Crippen LogP contribution >= 0.6 is 0 Å². The van der Waals surface area contributed by atoms with Gasteiger partial charge in [-0.1, -0.05) is 13.8 Å². The first-order valence-corrected chi connectivity index (χ1v) is 10.3. The fourth-order valence-corrected chi connectivity index (χ4v) is 3.37. The lowest BCUT2D eigenvalue weighted by molar-refractivity contribution is 0.260. The molecular formula is C23H28N6O2. The van der Waals surface area contributed by atoms with Crippen LogP contribution in [0.25, 0.3) is 16.7 Å². The number of methoxy groups -OCH3 is 1. The Kier molecular flexibility index (Phi) is 5.90. The number of likely N-dealkylation sites (N-methyl/N-ethyl adjacent to an activating group) is 1. The predicted octanol–water partition coefficient (Wildman–Crippen LogP) is 4.09. The number of pyridine rings is 1. The molecule has 0 aliphatic carbocycles. The predicted molar refractivity (Wildman–Crippen MR) is 123 cm³/mol. The van der Waals surface area contributed by atoms with Crippen LogP contribution in [0.3, 0.4) is 0 Å². The number of fused-ring (bicyclic) bond motifs is 3. The fraction of sp³-hybridized carbons (Fsp3) is 0.348. The summed E-state index contributed by atoms with van der Waals surface area (Å²) in [5, 5.41) is 4.23. The Balaban J connectivity index is 1.65. The summed E-state index contributed by atoms with van der Waals surface area (Å²) in [6.45, 7) is 5.75. The van der Waals surface area contributed by atoms with E-state index in [1.807, 2.05) is 56.8 Å². The molecule has 8 nitrogen and oxygen atoms in total. The number of hydrogen-bond acceptors (Lipinski definition) is 7. The number of hydrogen-bond donors (Lipinski definition) is 1. The number of ether oxygens (including phenoxy) is 2. The number of anilines is 2. The van der Waals surface area contributed by atoms with Gasteiger partial charge in [0.25, 0.3) is 0 Å². The number of benzene rings is 1. The molecule has 0 aliphatic heterocycles. The quantitative estimate of drug-likeness (QED) is 0.460. The Hall–Kier alpha value is -3.39. The van der Waals surface area contributed by atoms with Crippen LogP contribution in [-0.2, 0) is 0 Å². The molecule has 0 saturated heterocycles. The van der Waals surface area contributed by atoms with Crippen LogP contribution < -0.4 is 14.8 Å². The van der Waals surface area contributed by atoms with E-state index in [1.165, 1.54) is 0 Å². The zero-order valence-electron chi connectivity index (χ0n) is 18.6. The van der Waals surface area contributed by atoms with E-state index in [1.54, 1.807) is 7.11 Å². The van der Waals surface area contributed by atoms with E-state index < -0.39 is 0 Å². The van der Waals surface area contributed by atoms with Crippen molar-refractivity contribution < 1.29 is 9.47 Å². The Morgan fingerprint density at radius 2 is 1.94 bits per heavy atom. The highest BCUT2D eigenvalue weighted by molar-refractivity contribution is 5.79. The normalized spacial score (nSPS) is 11.6. The monoisotopic (exact) mass is 420 g/mol. The second-order valence-electron chi connectivity index (χ2n) is 7.98. The van der Waals surface area contributed by atoms with Crippen molar-refractivity contribution in [2.45, 2.75) is 19.8 Å². The van der Waals surface area contributed by atoms with Crippen molar-refractivity contribution in [1.82, 2.24) is 24.3 Å². The fourth-order valence-electron chi connectivity index (χ4n) is 3.37.